The molecule has 0 spiro atoms. The van der Waals surface area contributed by atoms with Gasteiger partial charge in [0.1, 0.15) is 5.69 Å². The van der Waals surface area contributed by atoms with E-state index in [0.717, 1.165) is 6.42 Å². The third-order valence-corrected chi connectivity index (χ3v) is 2.67. The molecule has 1 aromatic carbocycles. The number of nitro groups is 1. The summed E-state index contributed by atoms with van der Waals surface area (Å²) < 4.78 is 0. The molecule has 1 rings (SSSR count). The van der Waals surface area contributed by atoms with Crippen molar-refractivity contribution in [2.75, 3.05) is 5.32 Å². The molecule has 0 aromatic heterocycles. The van der Waals surface area contributed by atoms with E-state index in [-0.39, 0.29) is 23.0 Å². The normalized spacial score (nSPS) is 12.2. The van der Waals surface area contributed by atoms with E-state index in [1.165, 1.54) is 18.2 Å². The van der Waals surface area contributed by atoms with Crippen molar-refractivity contribution in [1.29, 1.82) is 0 Å². The summed E-state index contributed by atoms with van der Waals surface area (Å²) in [6.07, 6.45) is 0.842. The maximum Gasteiger partial charge on any atom is 0.335 e. The minimum Gasteiger partial charge on any atom is -0.478 e. The van der Waals surface area contributed by atoms with Gasteiger partial charge in [-0.2, -0.15) is 0 Å². The number of carboxylic acids is 1. The summed E-state index contributed by atoms with van der Waals surface area (Å²) in [5.41, 5.74) is 0.170. The number of carbonyl (C=O) groups is 1. The van der Waals surface area contributed by atoms with E-state index in [1.807, 2.05) is 6.92 Å². The maximum absolute atomic E-state index is 10.9. The van der Waals surface area contributed by atoms with Gasteiger partial charge >= 0.3 is 5.97 Å². The highest BCUT2D eigenvalue weighted by Gasteiger charge is 2.18. The van der Waals surface area contributed by atoms with Gasteiger partial charge in [-0.15, -0.1) is 0 Å². The van der Waals surface area contributed by atoms with Gasteiger partial charge in [-0.05, 0) is 31.4 Å². The molecule has 6 heteroatoms. The Kier molecular flexibility index (Phi) is 4.86. The number of nitrogens with zero attached hydrogens (tertiary/aromatic N) is 1. The van der Waals surface area contributed by atoms with Crippen LogP contribution >= 0.6 is 0 Å². The molecular formula is C13H18N2O4. The van der Waals surface area contributed by atoms with Crippen molar-refractivity contribution in [2.45, 2.75) is 33.2 Å². The summed E-state index contributed by atoms with van der Waals surface area (Å²) in [4.78, 5) is 21.3. The molecule has 19 heavy (non-hydrogen) atoms. The number of rotatable bonds is 6. The van der Waals surface area contributed by atoms with E-state index in [9.17, 15) is 14.9 Å². The van der Waals surface area contributed by atoms with Crippen molar-refractivity contribution in [3.05, 3.63) is 33.9 Å². The number of aromatic carboxylic acids is 1. The first-order valence-electron chi connectivity index (χ1n) is 6.09. The Morgan fingerprint density at radius 1 is 1.42 bits per heavy atom. The molecule has 104 valence electrons. The zero-order valence-electron chi connectivity index (χ0n) is 11.2. The van der Waals surface area contributed by atoms with Crippen molar-refractivity contribution in [3.8, 4) is 0 Å². The second kappa shape index (κ2) is 6.17. The molecular weight excluding hydrogens is 248 g/mol. The quantitative estimate of drug-likeness (QED) is 0.609. The highest BCUT2D eigenvalue weighted by Crippen LogP contribution is 2.27. The first-order valence-corrected chi connectivity index (χ1v) is 6.09. The summed E-state index contributed by atoms with van der Waals surface area (Å²) in [6, 6.07) is 3.78. The SMILES string of the molecule is CC(C)CC(C)Nc1cc(C(=O)O)ccc1[N+](=O)[O-]. The molecule has 0 aliphatic heterocycles. The third kappa shape index (κ3) is 4.24. The van der Waals surface area contributed by atoms with Gasteiger partial charge in [0.25, 0.3) is 5.69 Å². The van der Waals surface area contributed by atoms with Crippen LogP contribution in [0.4, 0.5) is 11.4 Å². The van der Waals surface area contributed by atoms with E-state index < -0.39 is 10.9 Å². The molecule has 0 bridgehead atoms. The molecule has 0 radical (unpaired) electrons. The van der Waals surface area contributed by atoms with Crippen molar-refractivity contribution >= 4 is 17.3 Å². The van der Waals surface area contributed by atoms with Crippen LogP contribution in [0.3, 0.4) is 0 Å². The van der Waals surface area contributed by atoms with E-state index in [2.05, 4.69) is 19.2 Å². The molecule has 2 N–H and O–H groups in total. The lowest BCUT2D eigenvalue weighted by atomic mass is 10.0. The number of benzene rings is 1. The fourth-order valence-corrected chi connectivity index (χ4v) is 1.98. The molecule has 0 aliphatic rings. The molecule has 1 aromatic rings. The van der Waals surface area contributed by atoms with Crippen LogP contribution in [0.2, 0.25) is 0 Å². The highest BCUT2D eigenvalue weighted by atomic mass is 16.6. The highest BCUT2D eigenvalue weighted by molar-refractivity contribution is 5.90. The first-order chi connectivity index (χ1) is 8.81. The van der Waals surface area contributed by atoms with Gasteiger partial charge in [0.15, 0.2) is 0 Å². The molecule has 0 aliphatic carbocycles. The van der Waals surface area contributed by atoms with Crippen LogP contribution in [0.5, 0.6) is 0 Å². The van der Waals surface area contributed by atoms with E-state index in [4.69, 9.17) is 5.11 Å². The van der Waals surface area contributed by atoms with Crippen molar-refractivity contribution < 1.29 is 14.8 Å². The summed E-state index contributed by atoms with van der Waals surface area (Å²) >= 11 is 0. The topological polar surface area (TPSA) is 92.5 Å². The Morgan fingerprint density at radius 3 is 2.53 bits per heavy atom. The van der Waals surface area contributed by atoms with E-state index in [1.54, 1.807) is 0 Å². The molecule has 0 heterocycles. The van der Waals surface area contributed by atoms with Crippen molar-refractivity contribution in [1.82, 2.24) is 0 Å². The summed E-state index contributed by atoms with van der Waals surface area (Å²) in [5.74, 6) is -0.654. The Balaban J connectivity index is 3.04. The van der Waals surface area contributed by atoms with Gasteiger partial charge in [0.2, 0.25) is 0 Å². The molecule has 6 nitrogen and oxygen atoms in total. The van der Waals surface area contributed by atoms with Gasteiger partial charge in [-0.1, -0.05) is 13.8 Å². The van der Waals surface area contributed by atoms with Gasteiger partial charge in [-0.25, -0.2) is 4.79 Å². The Morgan fingerprint density at radius 2 is 2.05 bits per heavy atom. The van der Waals surface area contributed by atoms with Crippen LogP contribution in [-0.2, 0) is 0 Å². The fraction of sp³-hybridized carbons (Fsp3) is 0.462. The molecule has 0 saturated carbocycles. The standard InChI is InChI=1S/C13H18N2O4/c1-8(2)6-9(3)14-11-7-10(13(16)17)4-5-12(11)15(18)19/h4-5,7-9,14H,6H2,1-3H3,(H,16,17). The predicted octanol–water partition coefficient (Wildman–Crippen LogP) is 3.14. The van der Waals surface area contributed by atoms with Crippen LogP contribution < -0.4 is 5.32 Å². The van der Waals surface area contributed by atoms with Crippen LogP contribution in [0.25, 0.3) is 0 Å². The maximum atomic E-state index is 10.9. The van der Waals surface area contributed by atoms with Crippen LogP contribution in [0.15, 0.2) is 18.2 Å². The molecule has 1 unspecified atom stereocenters. The summed E-state index contributed by atoms with van der Waals surface area (Å²) in [5, 5.41) is 22.9. The van der Waals surface area contributed by atoms with Crippen LogP contribution in [-0.4, -0.2) is 22.0 Å². The summed E-state index contributed by atoms with van der Waals surface area (Å²) in [6.45, 7) is 6.03. The molecule has 0 saturated heterocycles. The summed E-state index contributed by atoms with van der Waals surface area (Å²) in [7, 11) is 0. The fourth-order valence-electron chi connectivity index (χ4n) is 1.98. The number of hydrogen-bond acceptors (Lipinski definition) is 4. The molecule has 0 fully saturated rings. The predicted molar refractivity (Wildman–Crippen MR) is 72.6 cm³/mol. The Labute approximate surface area is 111 Å². The Bertz CT molecular complexity index is 486. The number of carboxylic acid groups (broad SMARTS) is 1. The lowest BCUT2D eigenvalue weighted by Gasteiger charge is -2.17. The zero-order valence-corrected chi connectivity index (χ0v) is 11.2. The van der Waals surface area contributed by atoms with Gasteiger partial charge in [0.05, 0.1) is 10.5 Å². The van der Waals surface area contributed by atoms with Gasteiger partial charge in [-0.3, -0.25) is 10.1 Å². The zero-order chi connectivity index (χ0) is 14.6. The van der Waals surface area contributed by atoms with Crippen molar-refractivity contribution in [3.63, 3.8) is 0 Å². The second-order valence-corrected chi connectivity index (χ2v) is 4.97. The second-order valence-electron chi connectivity index (χ2n) is 4.97. The molecule has 0 amide bonds. The average molecular weight is 266 g/mol. The van der Waals surface area contributed by atoms with Gasteiger partial charge < -0.3 is 10.4 Å². The van der Waals surface area contributed by atoms with E-state index in [0.29, 0.717) is 5.92 Å². The van der Waals surface area contributed by atoms with Crippen LogP contribution in [0.1, 0.15) is 37.6 Å². The van der Waals surface area contributed by atoms with Crippen LogP contribution in [0, 0.1) is 16.0 Å². The third-order valence-electron chi connectivity index (χ3n) is 2.67. The minimum absolute atomic E-state index is 0.0303. The smallest absolute Gasteiger partial charge is 0.335 e. The monoisotopic (exact) mass is 266 g/mol. The van der Waals surface area contributed by atoms with E-state index >= 15 is 0 Å². The number of nitro benzene ring substituents is 1. The first kappa shape index (κ1) is 14.9. The Hall–Kier alpha value is -2.11. The number of anilines is 1. The largest absolute Gasteiger partial charge is 0.478 e. The van der Waals surface area contributed by atoms with Gasteiger partial charge in [0, 0.05) is 12.1 Å². The minimum atomic E-state index is -1.10. The molecule has 1 atom stereocenters. The number of hydrogen-bond donors (Lipinski definition) is 2. The number of nitrogens with one attached hydrogen (secondary N) is 1. The lowest BCUT2D eigenvalue weighted by Crippen LogP contribution is -2.18. The lowest BCUT2D eigenvalue weighted by molar-refractivity contribution is -0.384. The average Bonchev–Trinajstić information content (AvgIpc) is 2.26. The van der Waals surface area contributed by atoms with Crippen molar-refractivity contribution in [2.24, 2.45) is 5.92 Å².